The lowest BCUT2D eigenvalue weighted by Crippen LogP contribution is -2.45. The molecule has 256 valence electrons. The molecule has 1 atom stereocenters. The minimum atomic E-state index is -2.59. The van der Waals surface area contributed by atoms with Crippen LogP contribution in [-0.2, 0) is 19.9 Å². The van der Waals surface area contributed by atoms with Crippen molar-refractivity contribution in [3.8, 4) is 11.3 Å². The lowest BCUT2D eigenvalue weighted by Gasteiger charge is -2.37. The lowest BCUT2D eigenvalue weighted by atomic mass is 9.73. The first-order chi connectivity index (χ1) is 22.2. The van der Waals surface area contributed by atoms with Crippen molar-refractivity contribution in [2.75, 3.05) is 66.5 Å². The Labute approximate surface area is 276 Å². The summed E-state index contributed by atoms with van der Waals surface area (Å²) in [6.45, 7) is 6.88. The van der Waals surface area contributed by atoms with Crippen LogP contribution >= 0.6 is 0 Å². The van der Waals surface area contributed by atoms with Crippen molar-refractivity contribution >= 4 is 17.6 Å². The molecule has 1 saturated carbocycles. The van der Waals surface area contributed by atoms with E-state index < -0.39 is 12.0 Å². The summed E-state index contributed by atoms with van der Waals surface area (Å²) in [5.74, 6) is 0.330. The molecule has 0 unspecified atom stereocenters. The second-order valence-electron chi connectivity index (χ2n) is 13.6. The van der Waals surface area contributed by atoms with Gasteiger partial charge in [-0.1, -0.05) is 0 Å². The zero-order valence-electron chi connectivity index (χ0n) is 28.4. The molecule has 3 aromatic rings. The average molecular weight is 656 g/mol. The Balaban J connectivity index is 1.30. The molecule has 4 rings (SSSR count). The van der Waals surface area contributed by atoms with E-state index in [2.05, 4.69) is 25.2 Å². The molecule has 0 radical (unpaired) electrons. The number of rotatable bonds is 15. The van der Waals surface area contributed by atoms with E-state index >= 15 is 0 Å². The van der Waals surface area contributed by atoms with Crippen LogP contribution in [-0.4, -0.2) is 96.6 Å². The third-order valence-corrected chi connectivity index (χ3v) is 8.78. The maximum atomic E-state index is 13.1. The number of aromatic nitrogens is 3. The van der Waals surface area contributed by atoms with Gasteiger partial charge in [-0.15, -0.1) is 0 Å². The molecule has 10 nitrogen and oxygen atoms in total. The number of hydrogen-bond donors (Lipinski definition) is 2. The van der Waals surface area contributed by atoms with Crippen LogP contribution in [0, 0.1) is 18.8 Å². The number of likely N-dealkylation sites (N-methyl/N-ethyl adjacent to an activating group) is 2. The Kier molecular flexibility index (Phi) is 12.4. The van der Waals surface area contributed by atoms with E-state index in [9.17, 15) is 18.7 Å². The molecule has 3 aromatic heterocycles. The van der Waals surface area contributed by atoms with Gasteiger partial charge in [-0.05, 0) is 102 Å². The first-order valence-electron chi connectivity index (χ1n) is 16.1. The number of pyridine rings is 3. The number of ether oxygens (including phenoxy) is 2. The van der Waals surface area contributed by atoms with Gasteiger partial charge in [0.15, 0.2) is 0 Å². The van der Waals surface area contributed by atoms with E-state index in [4.69, 9.17) is 9.47 Å². The van der Waals surface area contributed by atoms with Gasteiger partial charge in [-0.25, -0.2) is 18.7 Å². The van der Waals surface area contributed by atoms with Crippen molar-refractivity contribution in [1.29, 1.82) is 0 Å². The minimum Gasteiger partial charge on any atom is -0.415 e. The van der Waals surface area contributed by atoms with Crippen molar-refractivity contribution in [3.63, 3.8) is 0 Å². The number of nitrogens with zero attached hydrogens (tertiary/aromatic N) is 5. The number of anilines is 2. The third-order valence-electron chi connectivity index (χ3n) is 8.78. The van der Waals surface area contributed by atoms with Gasteiger partial charge < -0.3 is 24.8 Å². The van der Waals surface area contributed by atoms with Gasteiger partial charge in [0, 0.05) is 30.1 Å². The SMILES string of the molecule is Cc1cc(Nc2cc(C(F)F)ccn2)nc(-c2ccc([C@](C)(O)C3CCC(C(=O)OC[N+](C)(C)CCOCCN(C)C)CC3)nc2)c1. The van der Waals surface area contributed by atoms with E-state index in [1.807, 2.05) is 59.4 Å². The minimum absolute atomic E-state index is 0.0548. The van der Waals surface area contributed by atoms with E-state index in [-0.39, 0.29) is 29.2 Å². The van der Waals surface area contributed by atoms with Gasteiger partial charge in [-0.3, -0.25) is 14.3 Å². The average Bonchev–Trinajstić information content (AvgIpc) is 3.03. The quantitative estimate of drug-likeness (QED) is 0.0923. The fraction of sp³-hybridized carbons (Fsp3) is 0.543. The summed E-state index contributed by atoms with van der Waals surface area (Å²) < 4.78 is 38.2. The number of hydrogen-bond acceptors (Lipinski definition) is 9. The highest BCUT2D eigenvalue weighted by atomic mass is 19.3. The highest BCUT2D eigenvalue weighted by Gasteiger charge is 2.39. The number of esters is 1. The van der Waals surface area contributed by atoms with Crippen LogP contribution in [0.1, 0.15) is 55.9 Å². The predicted octanol–water partition coefficient (Wildman–Crippen LogP) is 5.70. The standard InChI is InChI=1S/C35H49F2N6O4/c1-24-19-29(40-32(20-24)41-31-21-26(33(36)37)13-14-38-31)27-9-12-30(39-22-27)35(2,45)28-10-7-25(8-11-28)34(44)47-23-43(5,6)16-18-46-17-15-42(3)4/h9,12-14,19-22,25,28,33,45H,7-8,10-11,15-18,23H2,1-6H3,(H,38,40,41)/q+1/t25?,28?,35-/m1/s1. The van der Waals surface area contributed by atoms with Crippen LogP contribution in [0.5, 0.6) is 0 Å². The third kappa shape index (κ3) is 10.5. The molecular weight excluding hydrogens is 606 g/mol. The molecule has 0 saturated heterocycles. The maximum Gasteiger partial charge on any atom is 0.313 e. The molecule has 0 amide bonds. The van der Waals surface area contributed by atoms with E-state index in [0.29, 0.717) is 67.3 Å². The lowest BCUT2D eigenvalue weighted by molar-refractivity contribution is -0.907. The van der Waals surface area contributed by atoms with Crippen LogP contribution in [0.25, 0.3) is 11.3 Å². The Bertz CT molecular complexity index is 1460. The molecule has 1 fully saturated rings. The van der Waals surface area contributed by atoms with E-state index in [1.54, 1.807) is 13.1 Å². The summed E-state index contributed by atoms with van der Waals surface area (Å²) in [6, 6.07) is 9.97. The van der Waals surface area contributed by atoms with Gasteiger partial charge in [-0.2, -0.15) is 0 Å². The Morgan fingerprint density at radius 2 is 1.83 bits per heavy atom. The highest BCUT2D eigenvalue weighted by molar-refractivity contribution is 5.72. The largest absolute Gasteiger partial charge is 0.415 e. The first kappa shape index (κ1) is 36.3. The molecule has 0 aliphatic heterocycles. The number of quaternary nitrogens is 1. The van der Waals surface area contributed by atoms with Gasteiger partial charge in [0.25, 0.3) is 6.43 Å². The number of carbonyl (C=O) groups is 1. The van der Waals surface area contributed by atoms with Gasteiger partial charge >= 0.3 is 5.97 Å². The Hall–Kier alpha value is -3.58. The fourth-order valence-electron chi connectivity index (χ4n) is 5.69. The molecule has 1 aliphatic carbocycles. The van der Waals surface area contributed by atoms with Crippen molar-refractivity contribution < 1.29 is 32.6 Å². The summed E-state index contributed by atoms with van der Waals surface area (Å²) >= 11 is 0. The van der Waals surface area contributed by atoms with Gasteiger partial charge in [0.05, 0.1) is 44.6 Å². The number of carbonyl (C=O) groups excluding carboxylic acids is 1. The number of alkyl halides is 2. The molecule has 0 bridgehead atoms. The zero-order valence-corrected chi connectivity index (χ0v) is 28.4. The second-order valence-corrected chi connectivity index (χ2v) is 13.6. The van der Waals surface area contributed by atoms with Crippen LogP contribution in [0.15, 0.2) is 48.8 Å². The highest BCUT2D eigenvalue weighted by Crippen LogP contribution is 2.41. The van der Waals surface area contributed by atoms with Crippen molar-refractivity contribution in [2.45, 2.75) is 51.6 Å². The van der Waals surface area contributed by atoms with Crippen molar-refractivity contribution in [3.05, 3.63) is 65.6 Å². The maximum absolute atomic E-state index is 13.1. The zero-order chi connectivity index (χ0) is 34.2. The summed E-state index contributed by atoms with van der Waals surface area (Å²) in [4.78, 5) is 28.4. The number of aryl methyl sites for hydroxylation is 1. The second kappa shape index (κ2) is 16.0. The van der Waals surface area contributed by atoms with E-state index in [1.165, 1.54) is 18.3 Å². The molecule has 0 spiro atoms. The number of nitrogens with one attached hydrogen (secondary N) is 1. The number of halogens is 2. The monoisotopic (exact) mass is 655 g/mol. The number of aliphatic hydroxyl groups is 1. The van der Waals surface area contributed by atoms with Gasteiger partial charge in [0.2, 0.25) is 6.73 Å². The molecule has 0 aromatic carbocycles. The Morgan fingerprint density at radius 1 is 1.09 bits per heavy atom. The first-order valence-corrected chi connectivity index (χ1v) is 16.1. The van der Waals surface area contributed by atoms with Crippen molar-refractivity contribution in [1.82, 2.24) is 19.9 Å². The smallest absolute Gasteiger partial charge is 0.313 e. The molecule has 2 N–H and O–H groups in total. The summed E-state index contributed by atoms with van der Waals surface area (Å²) in [7, 11) is 8.07. The summed E-state index contributed by atoms with van der Waals surface area (Å²) in [5.41, 5.74) is 1.57. The summed E-state index contributed by atoms with van der Waals surface area (Å²) in [5, 5.41) is 14.6. The predicted molar refractivity (Wildman–Crippen MR) is 177 cm³/mol. The van der Waals surface area contributed by atoms with Gasteiger partial charge in [0.1, 0.15) is 23.8 Å². The van der Waals surface area contributed by atoms with Crippen LogP contribution < -0.4 is 5.32 Å². The van der Waals surface area contributed by atoms with Crippen LogP contribution in [0.2, 0.25) is 0 Å². The van der Waals surface area contributed by atoms with Crippen molar-refractivity contribution in [2.24, 2.45) is 11.8 Å². The van der Waals surface area contributed by atoms with Crippen LogP contribution in [0.4, 0.5) is 20.4 Å². The topological polar surface area (TPSA) is 110 Å². The fourth-order valence-corrected chi connectivity index (χ4v) is 5.69. The molecular formula is C35H49F2N6O4+. The molecule has 47 heavy (non-hydrogen) atoms. The van der Waals surface area contributed by atoms with E-state index in [0.717, 1.165) is 24.2 Å². The van der Waals surface area contributed by atoms with Crippen LogP contribution in [0.3, 0.4) is 0 Å². The summed E-state index contributed by atoms with van der Waals surface area (Å²) in [6.07, 6.45) is 3.09. The molecule has 3 heterocycles. The molecule has 1 aliphatic rings. The Morgan fingerprint density at radius 3 is 2.49 bits per heavy atom. The molecule has 12 heteroatoms. The normalized spacial score (nSPS) is 18.3.